The molecular formula is C15H14ClF3O3. The molecule has 120 valence electrons. The average molecular weight is 335 g/mol. The predicted molar refractivity (Wildman–Crippen MR) is 75.9 cm³/mol. The van der Waals surface area contributed by atoms with E-state index in [9.17, 15) is 18.0 Å². The van der Waals surface area contributed by atoms with Crippen LogP contribution in [0.4, 0.5) is 13.2 Å². The number of benzene rings is 1. The van der Waals surface area contributed by atoms with Crippen molar-refractivity contribution in [1.82, 2.24) is 0 Å². The van der Waals surface area contributed by atoms with Gasteiger partial charge in [0.2, 0.25) is 6.10 Å². The summed E-state index contributed by atoms with van der Waals surface area (Å²) in [6.07, 6.45) is -5.34. The van der Waals surface area contributed by atoms with Crippen molar-refractivity contribution in [2.45, 2.75) is 32.5 Å². The van der Waals surface area contributed by atoms with Crippen molar-refractivity contribution in [2.75, 3.05) is 6.61 Å². The maximum Gasteiger partial charge on any atom is 0.430 e. The number of carbonyl (C=O) groups excluding carboxylic acids is 1. The van der Waals surface area contributed by atoms with Crippen LogP contribution in [0.15, 0.2) is 17.7 Å². The van der Waals surface area contributed by atoms with Crippen LogP contribution in [0.25, 0.3) is 6.08 Å². The summed E-state index contributed by atoms with van der Waals surface area (Å²) >= 11 is 5.99. The van der Waals surface area contributed by atoms with E-state index in [0.29, 0.717) is 12.0 Å². The van der Waals surface area contributed by atoms with Crippen LogP contribution in [-0.4, -0.2) is 24.9 Å². The van der Waals surface area contributed by atoms with Gasteiger partial charge in [-0.25, -0.2) is 4.79 Å². The normalized spacial score (nSPS) is 17.4. The number of hydrogen-bond acceptors (Lipinski definition) is 3. The first-order valence-electron chi connectivity index (χ1n) is 6.72. The lowest BCUT2D eigenvalue weighted by molar-refractivity contribution is -0.187. The van der Waals surface area contributed by atoms with Gasteiger partial charge >= 0.3 is 12.1 Å². The zero-order valence-corrected chi connectivity index (χ0v) is 12.7. The second kappa shape index (κ2) is 6.20. The highest BCUT2D eigenvalue weighted by Crippen LogP contribution is 2.41. The molecular weight excluding hydrogens is 321 g/mol. The fraction of sp³-hybridized carbons (Fsp3) is 0.400. The van der Waals surface area contributed by atoms with E-state index in [2.05, 4.69) is 4.74 Å². The molecule has 0 aromatic heterocycles. The van der Waals surface area contributed by atoms with E-state index < -0.39 is 23.8 Å². The molecule has 0 radical (unpaired) electrons. The first kappa shape index (κ1) is 16.7. The van der Waals surface area contributed by atoms with E-state index in [1.54, 1.807) is 12.1 Å². The molecule has 1 aliphatic heterocycles. The van der Waals surface area contributed by atoms with Crippen LogP contribution < -0.4 is 4.74 Å². The number of ether oxygens (including phenoxy) is 2. The molecule has 0 amide bonds. The number of alkyl halides is 3. The number of carbonyl (C=O) groups is 1. The molecule has 1 heterocycles. The van der Waals surface area contributed by atoms with Gasteiger partial charge in [-0.2, -0.15) is 13.2 Å². The molecule has 0 saturated heterocycles. The van der Waals surface area contributed by atoms with Gasteiger partial charge < -0.3 is 9.47 Å². The van der Waals surface area contributed by atoms with Crippen LogP contribution in [0.1, 0.15) is 25.0 Å². The molecule has 0 N–H and O–H groups in total. The van der Waals surface area contributed by atoms with Crippen LogP contribution >= 0.6 is 11.6 Å². The minimum atomic E-state index is -4.75. The van der Waals surface area contributed by atoms with Crippen molar-refractivity contribution in [3.8, 4) is 5.75 Å². The number of halogens is 4. The molecule has 1 aliphatic rings. The van der Waals surface area contributed by atoms with E-state index in [1.165, 1.54) is 6.92 Å². The highest BCUT2D eigenvalue weighted by molar-refractivity contribution is 6.32. The Morgan fingerprint density at radius 1 is 1.36 bits per heavy atom. The van der Waals surface area contributed by atoms with Crippen LogP contribution in [0, 0.1) is 0 Å². The second-order valence-corrected chi connectivity index (χ2v) is 5.12. The SMILES string of the molecule is CCOC(=O)C1=Cc2cc(CC)cc(Cl)c2OC1C(F)(F)F. The third kappa shape index (κ3) is 3.21. The fourth-order valence-corrected chi connectivity index (χ4v) is 2.45. The molecule has 0 bridgehead atoms. The van der Waals surface area contributed by atoms with Gasteiger partial charge in [-0.05, 0) is 37.1 Å². The monoisotopic (exact) mass is 334 g/mol. The topological polar surface area (TPSA) is 35.5 Å². The lowest BCUT2D eigenvalue weighted by Crippen LogP contribution is -2.40. The minimum absolute atomic E-state index is 0.0244. The first-order chi connectivity index (χ1) is 10.3. The lowest BCUT2D eigenvalue weighted by Gasteiger charge is -2.28. The minimum Gasteiger partial charge on any atom is -0.474 e. The Hall–Kier alpha value is -1.69. The molecule has 0 spiro atoms. The number of hydrogen-bond donors (Lipinski definition) is 0. The third-order valence-electron chi connectivity index (χ3n) is 3.18. The van der Waals surface area contributed by atoms with Crippen LogP contribution in [0.3, 0.4) is 0 Å². The van der Waals surface area contributed by atoms with Gasteiger partial charge in [-0.15, -0.1) is 0 Å². The Morgan fingerprint density at radius 3 is 2.59 bits per heavy atom. The number of rotatable bonds is 3. The Kier molecular flexibility index (Phi) is 4.70. The van der Waals surface area contributed by atoms with Crippen molar-refractivity contribution in [3.05, 3.63) is 33.9 Å². The van der Waals surface area contributed by atoms with Crippen LogP contribution in [-0.2, 0) is 16.0 Å². The van der Waals surface area contributed by atoms with E-state index in [0.717, 1.165) is 11.6 Å². The van der Waals surface area contributed by atoms with Gasteiger partial charge in [-0.1, -0.05) is 18.5 Å². The smallest absolute Gasteiger partial charge is 0.430 e. The summed E-state index contributed by atoms with van der Waals surface area (Å²) in [5.41, 5.74) is 0.594. The Labute approximate surface area is 130 Å². The van der Waals surface area contributed by atoms with Crippen molar-refractivity contribution < 1.29 is 27.4 Å². The van der Waals surface area contributed by atoms with Gasteiger partial charge in [0.05, 0.1) is 17.2 Å². The van der Waals surface area contributed by atoms with Gasteiger partial charge in [0.25, 0.3) is 0 Å². The zero-order chi connectivity index (χ0) is 16.5. The summed E-state index contributed by atoms with van der Waals surface area (Å²) in [5, 5.41) is 0.0859. The first-order valence-corrected chi connectivity index (χ1v) is 7.10. The molecule has 1 aromatic carbocycles. The summed E-state index contributed by atoms with van der Waals surface area (Å²) in [7, 11) is 0. The highest BCUT2D eigenvalue weighted by atomic mass is 35.5. The summed E-state index contributed by atoms with van der Waals surface area (Å²) in [6, 6.07) is 3.20. The zero-order valence-electron chi connectivity index (χ0n) is 12.0. The molecule has 22 heavy (non-hydrogen) atoms. The third-order valence-corrected chi connectivity index (χ3v) is 3.46. The van der Waals surface area contributed by atoms with Gasteiger partial charge in [-0.3, -0.25) is 0 Å². The molecule has 0 fully saturated rings. The Balaban J connectivity index is 2.56. The summed E-state index contributed by atoms with van der Waals surface area (Å²) in [5.74, 6) is -1.12. The molecule has 7 heteroatoms. The average Bonchev–Trinajstić information content (AvgIpc) is 2.45. The van der Waals surface area contributed by atoms with Gasteiger partial charge in [0.1, 0.15) is 5.75 Å². The van der Waals surface area contributed by atoms with Gasteiger partial charge in [0.15, 0.2) is 0 Å². The maximum atomic E-state index is 13.1. The molecule has 0 saturated carbocycles. The number of esters is 1. The van der Waals surface area contributed by atoms with E-state index in [4.69, 9.17) is 16.3 Å². The maximum absolute atomic E-state index is 13.1. The molecule has 1 unspecified atom stereocenters. The van der Waals surface area contributed by atoms with Crippen molar-refractivity contribution in [3.63, 3.8) is 0 Å². The van der Waals surface area contributed by atoms with E-state index >= 15 is 0 Å². The molecule has 0 aliphatic carbocycles. The van der Waals surface area contributed by atoms with Crippen LogP contribution in [0.2, 0.25) is 5.02 Å². The highest BCUT2D eigenvalue weighted by Gasteiger charge is 2.49. The molecule has 1 atom stereocenters. The predicted octanol–water partition coefficient (Wildman–Crippen LogP) is 4.17. The fourth-order valence-electron chi connectivity index (χ4n) is 2.16. The summed E-state index contributed by atoms with van der Waals surface area (Å²) in [6.45, 7) is 3.38. The quantitative estimate of drug-likeness (QED) is 0.778. The molecule has 3 nitrogen and oxygen atoms in total. The van der Waals surface area contributed by atoms with Crippen molar-refractivity contribution in [2.24, 2.45) is 0 Å². The Morgan fingerprint density at radius 2 is 2.05 bits per heavy atom. The number of aryl methyl sites for hydroxylation is 1. The molecule has 2 rings (SSSR count). The summed E-state index contributed by atoms with van der Waals surface area (Å²) < 4.78 is 49.1. The van der Waals surface area contributed by atoms with Gasteiger partial charge in [0, 0.05) is 5.56 Å². The lowest BCUT2D eigenvalue weighted by atomic mass is 9.99. The van der Waals surface area contributed by atoms with E-state index in [-0.39, 0.29) is 17.4 Å². The Bertz CT molecular complexity index is 623. The largest absolute Gasteiger partial charge is 0.474 e. The van der Waals surface area contributed by atoms with E-state index in [1.807, 2.05) is 6.92 Å². The van der Waals surface area contributed by atoms with Crippen molar-refractivity contribution in [1.29, 1.82) is 0 Å². The number of fused-ring (bicyclic) bond motifs is 1. The van der Waals surface area contributed by atoms with Crippen LogP contribution in [0.5, 0.6) is 5.75 Å². The second-order valence-electron chi connectivity index (χ2n) is 4.71. The summed E-state index contributed by atoms with van der Waals surface area (Å²) in [4.78, 5) is 11.8. The van der Waals surface area contributed by atoms with Crippen molar-refractivity contribution >= 4 is 23.6 Å². The standard InChI is InChI=1S/C15H14ClF3O3/c1-3-8-5-9-7-10(14(20)21-4-2)13(15(17,18)19)22-12(9)11(16)6-8/h5-7,13H,3-4H2,1-2H3. The molecule has 1 aromatic rings.